The van der Waals surface area contributed by atoms with E-state index in [0.29, 0.717) is 12.4 Å². The minimum absolute atomic E-state index is 0.222. The summed E-state index contributed by atoms with van der Waals surface area (Å²) in [5, 5.41) is 1.06. The lowest BCUT2D eigenvalue weighted by molar-refractivity contribution is 0.178. The SMILES string of the molecule is COCc1nccc(N2CC=C(c3c[nH]c4cc(F)ccc34)CC2)n1. The number of aromatic nitrogens is 3. The monoisotopic (exact) mass is 338 g/mol. The number of ether oxygens (including phenoxy) is 1. The molecule has 0 spiro atoms. The molecule has 128 valence electrons. The molecular weight excluding hydrogens is 319 g/mol. The number of hydrogen-bond donors (Lipinski definition) is 1. The number of H-pyrrole nitrogens is 1. The highest BCUT2D eigenvalue weighted by atomic mass is 19.1. The number of benzene rings is 1. The highest BCUT2D eigenvalue weighted by molar-refractivity contribution is 5.93. The molecular formula is C19H19FN4O. The molecule has 0 aliphatic carbocycles. The van der Waals surface area contributed by atoms with E-state index in [0.717, 1.165) is 41.8 Å². The molecule has 2 aromatic heterocycles. The number of fused-ring (bicyclic) bond motifs is 1. The molecule has 0 saturated carbocycles. The van der Waals surface area contributed by atoms with Crippen LogP contribution in [0.1, 0.15) is 17.8 Å². The van der Waals surface area contributed by atoms with Gasteiger partial charge < -0.3 is 14.6 Å². The Morgan fingerprint density at radius 3 is 3.04 bits per heavy atom. The van der Waals surface area contributed by atoms with Crippen LogP contribution in [-0.4, -0.2) is 35.2 Å². The Morgan fingerprint density at radius 2 is 2.24 bits per heavy atom. The first-order valence-corrected chi connectivity index (χ1v) is 8.26. The fourth-order valence-corrected chi connectivity index (χ4v) is 3.25. The molecule has 3 heterocycles. The predicted octanol–water partition coefficient (Wildman–Crippen LogP) is 3.54. The van der Waals surface area contributed by atoms with Gasteiger partial charge in [0.15, 0.2) is 5.82 Å². The quantitative estimate of drug-likeness (QED) is 0.791. The molecule has 6 heteroatoms. The number of aromatic amines is 1. The molecule has 0 saturated heterocycles. The lowest BCUT2D eigenvalue weighted by Gasteiger charge is -2.27. The Balaban J connectivity index is 1.56. The van der Waals surface area contributed by atoms with Crippen molar-refractivity contribution in [2.45, 2.75) is 13.0 Å². The van der Waals surface area contributed by atoms with E-state index >= 15 is 0 Å². The third kappa shape index (κ3) is 3.13. The number of hydrogen-bond acceptors (Lipinski definition) is 4. The van der Waals surface area contributed by atoms with Gasteiger partial charge >= 0.3 is 0 Å². The van der Waals surface area contributed by atoms with Crippen molar-refractivity contribution in [2.75, 3.05) is 25.1 Å². The van der Waals surface area contributed by atoms with Gasteiger partial charge in [-0.3, -0.25) is 0 Å². The van der Waals surface area contributed by atoms with Crippen LogP contribution in [0.25, 0.3) is 16.5 Å². The zero-order valence-electron chi connectivity index (χ0n) is 14.0. The Hall–Kier alpha value is -2.73. The van der Waals surface area contributed by atoms with Gasteiger partial charge in [0.1, 0.15) is 18.2 Å². The van der Waals surface area contributed by atoms with Gasteiger partial charge in [-0.25, -0.2) is 14.4 Å². The van der Waals surface area contributed by atoms with E-state index in [9.17, 15) is 4.39 Å². The molecule has 3 aromatic rings. The van der Waals surface area contributed by atoms with Gasteiger partial charge in [-0.2, -0.15) is 0 Å². The van der Waals surface area contributed by atoms with Crippen LogP contribution < -0.4 is 4.90 Å². The summed E-state index contributed by atoms with van der Waals surface area (Å²) in [5.74, 6) is 1.38. The second-order valence-corrected chi connectivity index (χ2v) is 6.08. The maximum Gasteiger partial charge on any atom is 0.156 e. The third-order valence-corrected chi connectivity index (χ3v) is 4.49. The summed E-state index contributed by atoms with van der Waals surface area (Å²) in [5.41, 5.74) is 3.26. The lowest BCUT2D eigenvalue weighted by Crippen LogP contribution is -2.29. The normalized spacial score (nSPS) is 14.8. The molecule has 0 unspecified atom stereocenters. The van der Waals surface area contributed by atoms with Crippen molar-refractivity contribution >= 4 is 22.3 Å². The standard InChI is InChI=1S/C19H19FN4O/c1-25-12-18-21-7-4-19(23-18)24-8-5-13(6-9-24)16-11-22-17-10-14(20)2-3-15(16)17/h2-5,7,10-11,22H,6,8-9,12H2,1H3. The Kier molecular flexibility index (Phi) is 4.19. The molecule has 1 aromatic carbocycles. The van der Waals surface area contributed by atoms with Crippen molar-refractivity contribution in [3.63, 3.8) is 0 Å². The molecule has 0 atom stereocenters. The number of nitrogens with zero attached hydrogens (tertiary/aromatic N) is 3. The Bertz CT molecular complexity index is 934. The van der Waals surface area contributed by atoms with Gasteiger partial charge in [-0.05, 0) is 36.3 Å². The molecule has 1 aliphatic heterocycles. The van der Waals surface area contributed by atoms with Gasteiger partial charge in [0.25, 0.3) is 0 Å². The van der Waals surface area contributed by atoms with Crippen LogP contribution in [0.15, 0.2) is 42.7 Å². The fourth-order valence-electron chi connectivity index (χ4n) is 3.25. The number of nitrogens with one attached hydrogen (secondary N) is 1. The maximum atomic E-state index is 13.4. The first-order chi connectivity index (χ1) is 12.2. The molecule has 1 N–H and O–H groups in total. The zero-order chi connectivity index (χ0) is 17.2. The van der Waals surface area contributed by atoms with Crippen LogP contribution in [-0.2, 0) is 11.3 Å². The average molecular weight is 338 g/mol. The topological polar surface area (TPSA) is 54.0 Å². The van der Waals surface area contributed by atoms with Crippen LogP contribution in [0, 0.1) is 5.82 Å². The van der Waals surface area contributed by atoms with E-state index in [2.05, 4.69) is 25.9 Å². The largest absolute Gasteiger partial charge is 0.377 e. The Labute approximate surface area is 145 Å². The summed E-state index contributed by atoms with van der Waals surface area (Å²) < 4.78 is 18.5. The summed E-state index contributed by atoms with van der Waals surface area (Å²) in [4.78, 5) is 14.1. The van der Waals surface area contributed by atoms with Crippen molar-refractivity contribution < 1.29 is 9.13 Å². The minimum atomic E-state index is -0.222. The van der Waals surface area contributed by atoms with Gasteiger partial charge in [0.2, 0.25) is 0 Å². The first kappa shape index (κ1) is 15.8. The van der Waals surface area contributed by atoms with Crippen LogP contribution in [0.5, 0.6) is 0 Å². The lowest BCUT2D eigenvalue weighted by atomic mass is 9.99. The summed E-state index contributed by atoms with van der Waals surface area (Å²) in [6, 6.07) is 6.80. The summed E-state index contributed by atoms with van der Waals surface area (Å²) in [7, 11) is 1.64. The van der Waals surface area contributed by atoms with Gasteiger partial charge in [-0.1, -0.05) is 6.08 Å². The van der Waals surface area contributed by atoms with Crippen LogP contribution >= 0.6 is 0 Å². The summed E-state index contributed by atoms with van der Waals surface area (Å²) >= 11 is 0. The molecule has 4 rings (SSSR count). The summed E-state index contributed by atoms with van der Waals surface area (Å²) in [6.07, 6.45) is 6.86. The smallest absolute Gasteiger partial charge is 0.156 e. The summed E-state index contributed by atoms with van der Waals surface area (Å²) in [6.45, 7) is 2.07. The van der Waals surface area contributed by atoms with Crippen molar-refractivity contribution in [1.82, 2.24) is 15.0 Å². The number of rotatable bonds is 4. The van der Waals surface area contributed by atoms with E-state index in [4.69, 9.17) is 4.74 Å². The molecule has 25 heavy (non-hydrogen) atoms. The second-order valence-electron chi connectivity index (χ2n) is 6.08. The number of halogens is 1. The third-order valence-electron chi connectivity index (χ3n) is 4.49. The van der Waals surface area contributed by atoms with Crippen LogP contribution in [0.2, 0.25) is 0 Å². The van der Waals surface area contributed by atoms with Gasteiger partial charge in [-0.15, -0.1) is 0 Å². The first-order valence-electron chi connectivity index (χ1n) is 8.26. The molecule has 0 bridgehead atoms. The van der Waals surface area contributed by atoms with E-state index in [1.54, 1.807) is 13.3 Å². The van der Waals surface area contributed by atoms with Crippen molar-refractivity contribution in [1.29, 1.82) is 0 Å². The highest BCUT2D eigenvalue weighted by Crippen LogP contribution is 2.30. The van der Waals surface area contributed by atoms with E-state index in [-0.39, 0.29) is 5.82 Å². The van der Waals surface area contributed by atoms with Crippen LogP contribution in [0.3, 0.4) is 0 Å². The van der Waals surface area contributed by atoms with Crippen molar-refractivity contribution in [2.24, 2.45) is 0 Å². The number of methoxy groups -OCH3 is 1. The molecule has 0 amide bonds. The average Bonchev–Trinajstić information content (AvgIpc) is 3.05. The van der Waals surface area contributed by atoms with E-state index in [1.165, 1.54) is 17.7 Å². The zero-order valence-corrected chi connectivity index (χ0v) is 14.0. The Morgan fingerprint density at radius 1 is 1.32 bits per heavy atom. The van der Waals surface area contributed by atoms with E-state index < -0.39 is 0 Å². The van der Waals surface area contributed by atoms with Crippen molar-refractivity contribution in [3.05, 3.63) is 59.9 Å². The molecule has 0 radical (unpaired) electrons. The van der Waals surface area contributed by atoms with Crippen LogP contribution in [0.4, 0.5) is 10.2 Å². The van der Waals surface area contributed by atoms with Crippen molar-refractivity contribution in [3.8, 4) is 0 Å². The molecule has 5 nitrogen and oxygen atoms in total. The van der Waals surface area contributed by atoms with E-state index in [1.807, 2.05) is 18.3 Å². The maximum absolute atomic E-state index is 13.4. The fraction of sp³-hybridized carbons (Fsp3) is 0.263. The molecule has 1 aliphatic rings. The predicted molar refractivity (Wildman–Crippen MR) is 95.8 cm³/mol. The minimum Gasteiger partial charge on any atom is -0.377 e. The van der Waals surface area contributed by atoms with Gasteiger partial charge in [0, 0.05) is 49.1 Å². The van der Waals surface area contributed by atoms with Gasteiger partial charge in [0.05, 0.1) is 0 Å². The second kappa shape index (κ2) is 6.64. The highest BCUT2D eigenvalue weighted by Gasteiger charge is 2.17. The molecule has 0 fully saturated rings. The number of anilines is 1.